The predicted molar refractivity (Wildman–Crippen MR) is 86.0 cm³/mol. The topological polar surface area (TPSA) is 3.24 Å². The van der Waals surface area contributed by atoms with Gasteiger partial charge in [0.25, 0.3) is 0 Å². The molecule has 104 valence electrons. The fourth-order valence-corrected chi connectivity index (χ4v) is 3.56. The normalized spacial score (nSPS) is 19.4. The summed E-state index contributed by atoms with van der Waals surface area (Å²) in [6.45, 7) is 5.18. The Morgan fingerprint density at radius 3 is 2.45 bits per heavy atom. The van der Waals surface area contributed by atoms with E-state index in [0.717, 1.165) is 6.42 Å². The van der Waals surface area contributed by atoms with E-state index < -0.39 is 0 Å². The summed E-state index contributed by atoms with van der Waals surface area (Å²) < 4.78 is 0. The van der Waals surface area contributed by atoms with Crippen molar-refractivity contribution in [1.82, 2.24) is 4.90 Å². The van der Waals surface area contributed by atoms with Gasteiger partial charge in [-0.15, -0.1) is 0 Å². The fraction of sp³-hybridized carbons (Fsp3) is 0.368. The molecule has 0 radical (unpaired) electrons. The second-order valence-electron chi connectivity index (χ2n) is 5.49. The van der Waals surface area contributed by atoms with Crippen LogP contribution in [0.4, 0.5) is 0 Å². The van der Waals surface area contributed by atoms with Gasteiger partial charge in [-0.25, -0.2) is 0 Å². The van der Waals surface area contributed by atoms with Gasteiger partial charge in [0.05, 0.1) is 0 Å². The number of hydrogen-bond acceptors (Lipinski definition) is 1. The van der Waals surface area contributed by atoms with Crippen molar-refractivity contribution >= 4 is 0 Å². The molecule has 0 N–H and O–H groups in total. The lowest BCUT2D eigenvalue weighted by molar-refractivity contribution is 0.228. The SMILES string of the molecule is CC.CN1CCc2cccc3c2[C@H]1Cc1ccccc1-3. The van der Waals surface area contributed by atoms with E-state index in [1.165, 1.54) is 29.7 Å². The van der Waals surface area contributed by atoms with Crippen LogP contribution < -0.4 is 0 Å². The van der Waals surface area contributed by atoms with Gasteiger partial charge in [-0.2, -0.15) is 0 Å². The summed E-state index contributed by atoms with van der Waals surface area (Å²) in [5, 5.41) is 0. The summed E-state index contributed by atoms with van der Waals surface area (Å²) in [6, 6.07) is 16.3. The monoisotopic (exact) mass is 265 g/mol. The number of nitrogens with zero attached hydrogens (tertiary/aromatic N) is 1. The third-order valence-electron chi connectivity index (χ3n) is 4.52. The second kappa shape index (κ2) is 5.41. The lowest BCUT2D eigenvalue weighted by Gasteiger charge is -2.39. The van der Waals surface area contributed by atoms with E-state index in [2.05, 4.69) is 54.4 Å². The Labute approximate surface area is 122 Å². The van der Waals surface area contributed by atoms with E-state index in [1.807, 2.05) is 13.8 Å². The van der Waals surface area contributed by atoms with Gasteiger partial charge in [0.15, 0.2) is 0 Å². The van der Waals surface area contributed by atoms with Gasteiger partial charge in [0.2, 0.25) is 0 Å². The lowest BCUT2D eigenvalue weighted by Crippen LogP contribution is -2.35. The number of benzene rings is 2. The van der Waals surface area contributed by atoms with Gasteiger partial charge in [-0.05, 0) is 47.7 Å². The van der Waals surface area contributed by atoms with E-state index >= 15 is 0 Å². The maximum Gasteiger partial charge on any atom is 0.0394 e. The molecule has 0 saturated heterocycles. The number of rotatable bonds is 0. The molecule has 2 aliphatic rings. The Morgan fingerprint density at radius 2 is 1.60 bits per heavy atom. The minimum absolute atomic E-state index is 0.583. The average Bonchev–Trinajstić information content (AvgIpc) is 2.53. The molecule has 4 rings (SSSR count). The fourth-order valence-electron chi connectivity index (χ4n) is 3.56. The van der Waals surface area contributed by atoms with Crippen LogP contribution in [0.15, 0.2) is 42.5 Å². The standard InChI is InChI=1S/C17H17N.C2H6/c1-18-10-9-12-6-4-8-15-14-7-3-2-5-13(14)11-16(18)17(12)15;1-2/h2-8,16H,9-11H2,1H3;1-2H3/t16-;/m1./s1. The van der Waals surface area contributed by atoms with Crippen LogP contribution in [0.5, 0.6) is 0 Å². The van der Waals surface area contributed by atoms with Crippen molar-refractivity contribution in [3.05, 3.63) is 59.2 Å². The quantitative estimate of drug-likeness (QED) is 0.679. The maximum atomic E-state index is 2.52. The van der Waals surface area contributed by atoms with Crippen LogP contribution in [0, 0.1) is 0 Å². The van der Waals surface area contributed by atoms with Gasteiger partial charge in [-0.3, -0.25) is 4.90 Å². The zero-order valence-corrected chi connectivity index (χ0v) is 12.7. The molecule has 2 aromatic rings. The summed E-state index contributed by atoms with van der Waals surface area (Å²) in [5.41, 5.74) is 7.56. The van der Waals surface area contributed by atoms with Crippen LogP contribution in [0.3, 0.4) is 0 Å². The molecule has 20 heavy (non-hydrogen) atoms. The molecular formula is C19H23N. The third-order valence-corrected chi connectivity index (χ3v) is 4.52. The highest BCUT2D eigenvalue weighted by molar-refractivity contribution is 5.75. The minimum Gasteiger partial charge on any atom is -0.299 e. The van der Waals surface area contributed by atoms with E-state index in [9.17, 15) is 0 Å². The van der Waals surface area contributed by atoms with Crippen molar-refractivity contribution in [1.29, 1.82) is 0 Å². The van der Waals surface area contributed by atoms with Gasteiger partial charge < -0.3 is 0 Å². The third kappa shape index (κ3) is 1.97. The molecule has 0 aromatic heterocycles. The summed E-state index contributed by atoms with van der Waals surface area (Å²) in [6.07, 6.45) is 2.36. The Balaban J connectivity index is 0.000000581. The number of hydrogen-bond donors (Lipinski definition) is 0. The first kappa shape index (κ1) is 13.4. The van der Waals surface area contributed by atoms with Crippen LogP contribution in [0.25, 0.3) is 11.1 Å². The molecule has 0 bridgehead atoms. The molecule has 1 aliphatic heterocycles. The zero-order valence-electron chi connectivity index (χ0n) is 12.7. The molecule has 1 atom stereocenters. The average molecular weight is 265 g/mol. The highest BCUT2D eigenvalue weighted by Crippen LogP contribution is 2.44. The van der Waals surface area contributed by atoms with Crippen LogP contribution in [0.1, 0.15) is 36.6 Å². The van der Waals surface area contributed by atoms with E-state index in [4.69, 9.17) is 0 Å². The van der Waals surface area contributed by atoms with Crippen LogP contribution >= 0.6 is 0 Å². The maximum absolute atomic E-state index is 2.52. The van der Waals surface area contributed by atoms with Crippen molar-refractivity contribution in [3.8, 4) is 11.1 Å². The largest absolute Gasteiger partial charge is 0.299 e. The summed E-state index contributed by atoms with van der Waals surface area (Å²) >= 11 is 0. The first-order chi connectivity index (χ1) is 9.84. The smallest absolute Gasteiger partial charge is 0.0394 e. The molecule has 0 amide bonds. The highest BCUT2D eigenvalue weighted by Gasteiger charge is 2.31. The Hall–Kier alpha value is -1.60. The molecule has 0 spiro atoms. The minimum atomic E-state index is 0.583. The van der Waals surface area contributed by atoms with Crippen molar-refractivity contribution < 1.29 is 0 Å². The molecule has 0 fully saturated rings. The zero-order chi connectivity index (χ0) is 14.1. The molecule has 2 aromatic carbocycles. The van der Waals surface area contributed by atoms with Gasteiger partial charge >= 0.3 is 0 Å². The summed E-state index contributed by atoms with van der Waals surface area (Å²) in [4.78, 5) is 2.52. The number of fused-ring (bicyclic) bond motifs is 2. The Bertz CT molecular complexity index is 615. The summed E-state index contributed by atoms with van der Waals surface area (Å²) in [7, 11) is 2.26. The molecule has 1 aliphatic carbocycles. The lowest BCUT2D eigenvalue weighted by atomic mass is 9.77. The van der Waals surface area contributed by atoms with Crippen molar-refractivity contribution in [2.75, 3.05) is 13.6 Å². The molecule has 1 nitrogen and oxygen atoms in total. The second-order valence-corrected chi connectivity index (χ2v) is 5.49. The molecule has 0 saturated carbocycles. The Morgan fingerprint density at radius 1 is 0.900 bits per heavy atom. The molecule has 1 heteroatoms. The molecule has 1 heterocycles. The van der Waals surface area contributed by atoms with Crippen molar-refractivity contribution in [2.24, 2.45) is 0 Å². The van der Waals surface area contributed by atoms with Gasteiger partial charge in [0, 0.05) is 12.6 Å². The Kier molecular flexibility index (Phi) is 3.62. The predicted octanol–water partition coefficient (Wildman–Crippen LogP) is 4.46. The highest BCUT2D eigenvalue weighted by atomic mass is 15.1. The summed E-state index contributed by atoms with van der Waals surface area (Å²) in [5.74, 6) is 0. The van der Waals surface area contributed by atoms with Crippen molar-refractivity contribution in [2.45, 2.75) is 32.7 Å². The van der Waals surface area contributed by atoms with E-state index in [0.29, 0.717) is 6.04 Å². The first-order valence-corrected chi connectivity index (χ1v) is 7.75. The first-order valence-electron chi connectivity index (χ1n) is 7.75. The van der Waals surface area contributed by atoms with Gasteiger partial charge in [0.1, 0.15) is 0 Å². The molecule has 0 unspecified atom stereocenters. The van der Waals surface area contributed by atoms with Crippen LogP contribution in [-0.2, 0) is 12.8 Å². The van der Waals surface area contributed by atoms with Crippen LogP contribution in [0.2, 0.25) is 0 Å². The van der Waals surface area contributed by atoms with E-state index in [1.54, 1.807) is 11.1 Å². The van der Waals surface area contributed by atoms with Gasteiger partial charge in [-0.1, -0.05) is 56.3 Å². The van der Waals surface area contributed by atoms with Crippen LogP contribution in [-0.4, -0.2) is 18.5 Å². The number of likely N-dealkylation sites (N-methyl/N-ethyl adjacent to an activating group) is 1. The molecular weight excluding hydrogens is 242 g/mol. The van der Waals surface area contributed by atoms with Crippen molar-refractivity contribution in [3.63, 3.8) is 0 Å². The van der Waals surface area contributed by atoms with E-state index in [-0.39, 0.29) is 0 Å².